The zero-order valence-corrected chi connectivity index (χ0v) is 22.5. The van der Waals surface area contributed by atoms with E-state index in [4.69, 9.17) is 9.47 Å². The maximum Gasteiger partial charge on any atom is 0.312 e. The molecule has 8 nitrogen and oxygen atoms in total. The second-order valence-electron chi connectivity index (χ2n) is 10.9. The first kappa shape index (κ1) is 28.0. The van der Waals surface area contributed by atoms with Crippen LogP contribution < -0.4 is 0 Å². The number of aliphatic hydroxyl groups is 1. The quantitative estimate of drug-likeness (QED) is 0.242. The Morgan fingerprint density at radius 2 is 1.97 bits per heavy atom. The molecule has 8 heteroatoms. The van der Waals surface area contributed by atoms with Crippen LogP contribution in [0.1, 0.15) is 45.1 Å². The first-order valence-corrected chi connectivity index (χ1v) is 13.6. The molecule has 0 saturated carbocycles. The van der Waals surface area contributed by atoms with Gasteiger partial charge in [0.1, 0.15) is 17.6 Å². The van der Waals surface area contributed by atoms with Gasteiger partial charge >= 0.3 is 5.97 Å². The van der Waals surface area contributed by atoms with Crippen molar-refractivity contribution in [2.45, 2.75) is 63.3 Å². The minimum Gasteiger partial charge on any atom is -0.465 e. The normalized spacial score (nSPS) is 31.2. The number of amides is 2. The summed E-state index contributed by atoms with van der Waals surface area (Å²) in [5.41, 5.74) is -1.14. The van der Waals surface area contributed by atoms with E-state index in [0.717, 1.165) is 18.4 Å². The van der Waals surface area contributed by atoms with E-state index < -0.39 is 35.0 Å². The Morgan fingerprint density at radius 3 is 2.63 bits per heavy atom. The third-order valence-corrected chi connectivity index (χ3v) is 8.57. The molecule has 2 amide bonds. The van der Waals surface area contributed by atoms with Crippen molar-refractivity contribution in [1.29, 1.82) is 0 Å². The molecular formula is C30H40N2O6. The maximum atomic E-state index is 14.3. The number of esters is 1. The van der Waals surface area contributed by atoms with Crippen molar-refractivity contribution in [2.75, 3.05) is 26.3 Å². The molecular weight excluding hydrogens is 484 g/mol. The number of benzene rings is 1. The van der Waals surface area contributed by atoms with Gasteiger partial charge in [-0.25, -0.2) is 0 Å². The van der Waals surface area contributed by atoms with Crippen LogP contribution in [0.3, 0.4) is 0 Å². The molecule has 1 spiro atoms. The van der Waals surface area contributed by atoms with E-state index >= 15 is 0 Å². The fraction of sp³-hybridized carbons (Fsp3) is 0.567. The number of fused-ring (bicyclic) bond motifs is 1. The predicted octanol–water partition coefficient (Wildman–Crippen LogP) is 3.10. The van der Waals surface area contributed by atoms with Gasteiger partial charge in [0.2, 0.25) is 11.8 Å². The highest BCUT2D eigenvalue weighted by molar-refractivity contribution is 5.98. The molecule has 1 N–H and O–H groups in total. The molecule has 3 aliphatic rings. The average Bonchev–Trinajstić information content (AvgIpc) is 3.41. The molecule has 3 fully saturated rings. The van der Waals surface area contributed by atoms with Gasteiger partial charge in [0.15, 0.2) is 0 Å². The van der Waals surface area contributed by atoms with Crippen LogP contribution in [0.5, 0.6) is 0 Å². The van der Waals surface area contributed by atoms with E-state index in [9.17, 15) is 19.5 Å². The van der Waals surface area contributed by atoms with Crippen LogP contribution in [0.15, 0.2) is 55.6 Å². The fourth-order valence-corrected chi connectivity index (χ4v) is 6.74. The Kier molecular flexibility index (Phi) is 8.43. The molecule has 3 saturated heterocycles. The zero-order valence-electron chi connectivity index (χ0n) is 22.5. The van der Waals surface area contributed by atoms with Crippen molar-refractivity contribution < 1.29 is 29.0 Å². The minimum atomic E-state index is -1.17. The lowest BCUT2D eigenvalue weighted by Crippen LogP contribution is -2.56. The van der Waals surface area contributed by atoms with Crippen LogP contribution in [-0.4, -0.2) is 76.2 Å². The van der Waals surface area contributed by atoms with Crippen molar-refractivity contribution in [3.05, 3.63) is 61.2 Å². The van der Waals surface area contributed by atoms with Gasteiger partial charge in [-0.3, -0.25) is 14.4 Å². The summed E-state index contributed by atoms with van der Waals surface area (Å²) in [6, 6.07) is 8.67. The lowest BCUT2D eigenvalue weighted by molar-refractivity contribution is -0.162. The molecule has 0 aromatic heterocycles. The third-order valence-electron chi connectivity index (χ3n) is 8.57. The molecule has 206 valence electrons. The number of hydrogen-bond donors (Lipinski definition) is 1. The van der Waals surface area contributed by atoms with E-state index in [1.165, 1.54) is 4.90 Å². The van der Waals surface area contributed by atoms with Gasteiger partial charge in [-0.1, -0.05) is 49.4 Å². The lowest BCUT2D eigenvalue weighted by Gasteiger charge is -2.37. The summed E-state index contributed by atoms with van der Waals surface area (Å²) in [4.78, 5) is 44.7. The predicted molar refractivity (Wildman–Crippen MR) is 143 cm³/mol. The zero-order chi connectivity index (χ0) is 27.5. The SMILES string of the molecule is C=CCCCCOC(=O)[C@@H]1[C@H]2C(=O)N(CCO)C(C(=O)N(CC=C)Cc3ccccc3)C23CC(C)[C@@]1(C)O3. The third kappa shape index (κ3) is 4.69. The molecule has 0 aliphatic carbocycles. The van der Waals surface area contributed by atoms with Gasteiger partial charge < -0.3 is 24.4 Å². The molecule has 3 heterocycles. The summed E-state index contributed by atoms with van der Waals surface area (Å²) in [5.74, 6) is -2.79. The smallest absolute Gasteiger partial charge is 0.312 e. The van der Waals surface area contributed by atoms with Gasteiger partial charge in [-0.05, 0) is 44.1 Å². The number of unbranched alkanes of at least 4 members (excludes halogenated alkanes) is 2. The van der Waals surface area contributed by atoms with Crippen molar-refractivity contribution >= 4 is 17.8 Å². The Morgan fingerprint density at radius 1 is 1.24 bits per heavy atom. The summed E-state index contributed by atoms with van der Waals surface area (Å²) in [7, 11) is 0. The number of nitrogens with zero attached hydrogens (tertiary/aromatic N) is 2. The topological polar surface area (TPSA) is 96.4 Å². The van der Waals surface area contributed by atoms with E-state index in [-0.39, 0.29) is 44.0 Å². The maximum absolute atomic E-state index is 14.3. The van der Waals surface area contributed by atoms with Crippen molar-refractivity contribution in [3.63, 3.8) is 0 Å². The summed E-state index contributed by atoms with van der Waals surface area (Å²) >= 11 is 0. The summed E-state index contributed by atoms with van der Waals surface area (Å²) in [5, 5.41) is 9.84. The van der Waals surface area contributed by atoms with Gasteiger partial charge in [0, 0.05) is 19.6 Å². The molecule has 3 unspecified atom stereocenters. The van der Waals surface area contributed by atoms with Gasteiger partial charge in [-0.15, -0.1) is 13.2 Å². The molecule has 4 rings (SSSR count). The largest absolute Gasteiger partial charge is 0.465 e. The van der Waals surface area contributed by atoms with Crippen LogP contribution in [0.4, 0.5) is 0 Å². The Hall–Kier alpha value is -2.97. The number of β-amino-alcohol motifs (C(OH)–C–C–N with tert-alkyl or cyclic N) is 1. The minimum absolute atomic E-state index is 0.0153. The number of carbonyl (C=O) groups excluding carboxylic acids is 3. The highest BCUT2D eigenvalue weighted by Crippen LogP contribution is 2.65. The number of allylic oxidation sites excluding steroid dienone is 1. The Bertz CT molecular complexity index is 1060. The first-order valence-electron chi connectivity index (χ1n) is 13.6. The summed E-state index contributed by atoms with van der Waals surface area (Å²) in [6.45, 7) is 12.0. The number of aliphatic hydroxyl groups excluding tert-OH is 1. The van der Waals surface area contributed by atoms with E-state index in [1.54, 1.807) is 11.0 Å². The highest BCUT2D eigenvalue weighted by Gasteiger charge is 2.80. The van der Waals surface area contributed by atoms with E-state index in [0.29, 0.717) is 19.4 Å². The second kappa shape index (κ2) is 11.4. The molecule has 1 aromatic carbocycles. The second-order valence-corrected chi connectivity index (χ2v) is 10.9. The average molecular weight is 525 g/mol. The number of hydrogen-bond acceptors (Lipinski definition) is 6. The Balaban J connectivity index is 1.67. The van der Waals surface area contributed by atoms with Crippen LogP contribution in [0, 0.1) is 17.8 Å². The summed E-state index contributed by atoms with van der Waals surface area (Å²) < 4.78 is 12.4. The van der Waals surface area contributed by atoms with Crippen LogP contribution in [0.25, 0.3) is 0 Å². The van der Waals surface area contributed by atoms with Crippen LogP contribution in [-0.2, 0) is 30.4 Å². The van der Waals surface area contributed by atoms with Gasteiger partial charge in [0.25, 0.3) is 0 Å². The standard InChI is InChI=1S/C30H40N2O6/c1-5-7-8-12-18-37-28(36)24-23-26(34)32(16-17-33)25(30(23)19-21(3)29(24,4)38-30)27(35)31(15-6-2)20-22-13-10-9-11-14-22/h5-6,9-11,13-14,21,23-25,33H,1-2,7-8,12,15-20H2,3-4H3/t21?,23-,24-,25?,29+,30?/m0/s1. The van der Waals surface area contributed by atoms with Crippen molar-refractivity contribution in [3.8, 4) is 0 Å². The number of carbonyl (C=O) groups is 3. The highest BCUT2D eigenvalue weighted by atomic mass is 16.6. The first-order chi connectivity index (χ1) is 18.2. The number of likely N-dealkylation sites (tertiary alicyclic amines) is 1. The molecule has 3 aliphatic heterocycles. The molecule has 0 radical (unpaired) electrons. The Labute approximate surface area is 225 Å². The van der Waals surface area contributed by atoms with Crippen LogP contribution in [0.2, 0.25) is 0 Å². The van der Waals surface area contributed by atoms with Crippen molar-refractivity contribution in [1.82, 2.24) is 9.80 Å². The van der Waals surface area contributed by atoms with Crippen LogP contribution >= 0.6 is 0 Å². The van der Waals surface area contributed by atoms with E-state index in [1.807, 2.05) is 50.3 Å². The monoisotopic (exact) mass is 524 g/mol. The molecule has 1 aromatic rings. The fourth-order valence-electron chi connectivity index (χ4n) is 6.74. The van der Waals surface area contributed by atoms with Gasteiger partial charge in [0.05, 0.1) is 24.7 Å². The lowest BCUT2D eigenvalue weighted by atomic mass is 9.62. The number of ether oxygens (including phenoxy) is 2. The molecule has 6 atom stereocenters. The molecule has 38 heavy (non-hydrogen) atoms. The van der Waals surface area contributed by atoms with Gasteiger partial charge in [-0.2, -0.15) is 0 Å². The van der Waals surface area contributed by atoms with Crippen molar-refractivity contribution in [2.24, 2.45) is 17.8 Å². The van der Waals surface area contributed by atoms with E-state index in [2.05, 4.69) is 13.2 Å². The number of rotatable bonds is 13. The summed E-state index contributed by atoms with van der Waals surface area (Å²) in [6.07, 6.45) is 6.36. The molecule has 2 bridgehead atoms.